The van der Waals surface area contributed by atoms with Crippen LogP contribution in [0.3, 0.4) is 0 Å². The number of nitrogens with zero attached hydrogens (tertiary/aromatic N) is 2. The average molecular weight is 280 g/mol. The molecule has 1 atom stereocenters. The van der Waals surface area contributed by atoms with E-state index in [-0.39, 0.29) is 0 Å². The van der Waals surface area contributed by atoms with Crippen molar-refractivity contribution in [2.75, 3.05) is 0 Å². The Labute approximate surface area is 124 Å². The Morgan fingerprint density at radius 1 is 1.05 bits per heavy atom. The van der Waals surface area contributed by atoms with Gasteiger partial charge in [-0.2, -0.15) is 0 Å². The van der Waals surface area contributed by atoms with Crippen molar-refractivity contribution in [2.24, 2.45) is 0 Å². The van der Waals surface area contributed by atoms with Gasteiger partial charge in [-0.3, -0.25) is 0 Å². The molecule has 1 heterocycles. The van der Waals surface area contributed by atoms with E-state index >= 15 is 0 Å². The van der Waals surface area contributed by atoms with Gasteiger partial charge in [-0.25, -0.2) is 4.98 Å². The van der Waals surface area contributed by atoms with E-state index in [1.807, 2.05) is 42.1 Å². The first-order valence-corrected chi connectivity index (χ1v) is 7.22. The zero-order valence-electron chi connectivity index (χ0n) is 12.7. The Kier molecular flexibility index (Phi) is 3.52. The fourth-order valence-corrected chi connectivity index (χ4v) is 2.70. The lowest BCUT2D eigenvalue weighted by atomic mass is 10.0. The Hall–Kier alpha value is -2.13. The number of aryl methyl sites for hydroxylation is 3. The third kappa shape index (κ3) is 2.57. The molecule has 1 unspecified atom stereocenters. The standard InChI is InChI=1S/C18H20N2O/c1-12-6-4-5-7-15(12)18(21)10-20-11-19-16-8-13(2)14(3)9-17(16)20/h4-9,11,18,21H,10H2,1-3H3. The van der Waals surface area contributed by atoms with Crippen molar-refractivity contribution < 1.29 is 5.11 Å². The Balaban J connectivity index is 1.95. The minimum absolute atomic E-state index is 0.518. The predicted octanol–water partition coefficient (Wildman–Crippen LogP) is 3.70. The summed E-state index contributed by atoms with van der Waals surface area (Å²) in [5.41, 5.74) is 6.63. The van der Waals surface area contributed by atoms with Crippen molar-refractivity contribution in [1.82, 2.24) is 9.55 Å². The van der Waals surface area contributed by atoms with E-state index in [4.69, 9.17) is 0 Å². The summed E-state index contributed by atoms with van der Waals surface area (Å²) in [4.78, 5) is 4.44. The van der Waals surface area contributed by atoms with Crippen molar-refractivity contribution in [2.45, 2.75) is 33.4 Å². The number of aliphatic hydroxyl groups excluding tert-OH is 1. The van der Waals surface area contributed by atoms with Crippen LogP contribution in [0.15, 0.2) is 42.7 Å². The van der Waals surface area contributed by atoms with Crippen LogP contribution in [0.2, 0.25) is 0 Å². The number of aromatic nitrogens is 2. The van der Waals surface area contributed by atoms with E-state index in [2.05, 4.69) is 31.0 Å². The quantitative estimate of drug-likeness (QED) is 0.794. The zero-order valence-corrected chi connectivity index (χ0v) is 12.7. The summed E-state index contributed by atoms with van der Waals surface area (Å²) < 4.78 is 2.03. The van der Waals surface area contributed by atoms with E-state index in [9.17, 15) is 5.11 Å². The number of fused-ring (bicyclic) bond motifs is 1. The van der Waals surface area contributed by atoms with Gasteiger partial charge in [-0.15, -0.1) is 0 Å². The van der Waals surface area contributed by atoms with E-state index < -0.39 is 6.10 Å². The molecule has 3 aromatic rings. The third-order valence-electron chi connectivity index (χ3n) is 4.15. The summed E-state index contributed by atoms with van der Waals surface area (Å²) in [5.74, 6) is 0. The highest BCUT2D eigenvalue weighted by Gasteiger charge is 2.13. The van der Waals surface area contributed by atoms with Crippen LogP contribution < -0.4 is 0 Å². The average Bonchev–Trinajstić information content (AvgIpc) is 2.82. The highest BCUT2D eigenvalue weighted by atomic mass is 16.3. The van der Waals surface area contributed by atoms with Gasteiger partial charge in [0.1, 0.15) is 0 Å². The van der Waals surface area contributed by atoms with Gasteiger partial charge >= 0.3 is 0 Å². The molecule has 2 aromatic carbocycles. The molecule has 0 saturated heterocycles. The molecular formula is C18H20N2O. The number of hydrogen-bond donors (Lipinski definition) is 1. The molecule has 0 aliphatic heterocycles. The van der Waals surface area contributed by atoms with Crippen LogP contribution in [0.5, 0.6) is 0 Å². The van der Waals surface area contributed by atoms with E-state index in [1.165, 1.54) is 11.1 Å². The molecule has 0 fully saturated rings. The number of benzene rings is 2. The SMILES string of the molecule is Cc1cc2ncn(CC(O)c3ccccc3C)c2cc1C. The summed E-state index contributed by atoms with van der Waals surface area (Å²) in [5, 5.41) is 10.5. The van der Waals surface area contributed by atoms with Crippen LogP contribution in [0.4, 0.5) is 0 Å². The van der Waals surface area contributed by atoms with Gasteiger partial charge in [-0.1, -0.05) is 24.3 Å². The molecule has 0 aliphatic rings. The molecular weight excluding hydrogens is 260 g/mol. The normalized spacial score (nSPS) is 12.8. The lowest BCUT2D eigenvalue weighted by molar-refractivity contribution is 0.157. The Morgan fingerprint density at radius 3 is 2.52 bits per heavy atom. The second kappa shape index (κ2) is 5.34. The smallest absolute Gasteiger partial charge is 0.0972 e. The fourth-order valence-electron chi connectivity index (χ4n) is 2.70. The minimum Gasteiger partial charge on any atom is -0.387 e. The maximum Gasteiger partial charge on any atom is 0.0972 e. The van der Waals surface area contributed by atoms with Crippen molar-refractivity contribution in [1.29, 1.82) is 0 Å². The molecule has 0 bridgehead atoms. The second-order valence-electron chi connectivity index (χ2n) is 5.69. The van der Waals surface area contributed by atoms with E-state index in [0.717, 1.165) is 22.2 Å². The first-order valence-electron chi connectivity index (χ1n) is 7.22. The molecule has 1 aromatic heterocycles. The Bertz CT molecular complexity index is 789. The van der Waals surface area contributed by atoms with Gasteiger partial charge in [0.25, 0.3) is 0 Å². The van der Waals surface area contributed by atoms with Gasteiger partial charge in [0.05, 0.1) is 30.0 Å². The van der Waals surface area contributed by atoms with Gasteiger partial charge in [0, 0.05) is 0 Å². The van der Waals surface area contributed by atoms with Crippen LogP contribution in [0.1, 0.15) is 28.4 Å². The van der Waals surface area contributed by atoms with Crippen LogP contribution in [0.25, 0.3) is 11.0 Å². The summed E-state index contributed by atoms with van der Waals surface area (Å²) in [6.45, 7) is 6.74. The number of imidazole rings is 1. The van der Waals surface area contributed by atoms with E-state index in [1.54, 1.807) is 0 Å². The third-order valence-corrected chi connectivity index (χ3v) is 4.15. The topological polar surface area (TPSA) is 38.0 Å². The summed E-state index contributed by atoms with van der Waals surface area (Å²) in [6, 6.07) is 12.2. The Morgan fingerprint density at radius 2 is 1.76 bits per heavy atom. The lowest BCUT2D eigenvalue weighted by Gasteiger charge is -2.15. The van der Waals surface area contributed by atoms with Gasteiger partial charge in [0.2, 0.25) is 0 Å². The number of hydrogen-bond acceptors (Lipinski definition) is 2. The summed E-state index contributed by atoms with van der Waals surface area (Å²) >= 11 is 0. The van der Waals surface area contributed by atoms with Crippen molar-refractivity contribution in [3.05, 3.63) is 65.0 Å². The van der Waals surface area contributed by atoms with Gasteiger partial charge in [0.15, 0.2) is 0 Å². The molecule has 3 nitrogen and oxygen atoms in total. The van der Waals surface area contributed by atoms with Crippen LogP contribution >= 0.6 is 0 Å². The first-order chi connectivity index (χ1) is 10.1. The summed E-state index contributed by atoms with van der Waals surface area (Å²) in [6.07, 6.45) is 1.29. The lowest BCUT2D eigenvalue weighted by Crippen LogP contribution is -2.09. The number of aliphatic hydroxyl groups is 1. The molecule has 1 N–H and O–H groups in total. The fraction of sp³-hybridized carbons (Fsp3) is 0.278. The second-order valence-corrected chi connectivity index (χ2v) is 5.69. The molecule has 0 saturated carbocycles. The van der Waals surface area contributed by atoms with E-state index in [0.29, 0.717) is 6.54 Å². The summed E-state index contributed by atoms with van der Waals surface area (Å²) in [7, 11) is 0. The number of rotatable bonds is 3. The monoisotopic (exact) mass is 280 g/mol. The first kappa shape index (κ1) is 13.8. The molecule has 3 rings (SSSR count). The molecule has 0 radical (unpaired) electrons. The van der Waals surface area contributed by atoms with Crippen molar-refractivity contribution in [3.63, 3.8) is 0 Å². The maximum absolute atomic E-state index is 10.5. The molecule has 0 amide bonds. The van der Waals surface area contributed by atoms with Gasteiger partial charge in [-0.05, 0) is 55.2 Å². The predicted molar refractivity (Wildman–Crippen MR) is 85.3 cm³/mol. The minimum atomic E-state index is -0.523. The molecule has 0 aliphatic carbocycles. The zero-order chi connectivity index (χ0) is 15.0. The largest absolute Gasteiger partial charge is 0.387 e. The van der Waals surface area contributed by atoms with Crippen LogP contribution in [0, 0.1) is 20.8 Å². The maximum atomic E-state index is 10.5. The van der Waals surface area contributed by atoms with Crippen LogP contribution in [-0.2, 0) is 6.54 Å². The molecule has 21 heavy (non-hydrogen) atoms. The van der Waals surface area contributed by atoms with Gasteiger partial charge < -0.3 is 9.67 Å². The van der Waals surface area contributed by atoms with Crippen molar-refractivity contribution >= 4 is 11.0 Å². The molecule has 108 valence electrons. The van der Waals surface area contributed by atoms with Crippen molar-refractivity contribution in [3.8, 4) is 0 Å². The van der Waals surface area contributed by atoms with Crippen LogP contribution in [-0.4, -0.2) is 14.7 Å². The highest BCUT2D eigenvalue weighted by molar-refractivity contribution is 5.77. The molecule has 3 heteroatoms. The molecule has 0 spiro atoms. The highest BCUT2D eigenvalue weighted by Crippen LogP contribution is 2.23.